The van der Waals surface area contributed by atoms with Crippen molar-refractivity contribution >= 4 is 17.4 Å². The third-order valence-electron chi connectivity index (χ3n) is 1.08. The molecule has 0 atom stereocenters. The number of unbranched alkanes of at least 4 members (excludes halogenated alkanes) is 1. The summed E-state index contributed by atoms with van der Waals surface area (Å²) in [7, 11) is 0. The molecule has 0 aliphatic carbocycles. The van der Waals surface area contributed by atoms with Gasteiger partial charge in [-0.1, -0.05) is 12.2 Å². The minimum atomic E-state index is 0.210. The summed E-state index contributed by atoms with van der Waals surface area (Å²) in [5.41, 5.74) is 0. The van der Waals surface area contributed by atoms with Crippen molar-refractivity contribution in [3.63, 3.8) is 0 Å². The smallest absolute Gasteiger partial charge is 0.133 e. The van der Waals surface area contributed by atoms with Gasteiger partial charge in [-0.15, -0.1) is 11.6 Å². The fourth-order valence-electron chi connectivity index (χ4n) is 0.562. The molecule has 0 aromatic carbocycles. The van der Waals surface area contributed by atoms with Crippen molar-refractivity contribution in [2.45, 2.75) is 26.2 Å². The Hall–Kier alpha value is -0.300. The van der Waals surface area contributed by atoms with Crippen LogP contribution in [0.15, 0.2) is 12.2 Å². The molecule has 0 aliphatic rings. The summed E-state index contributed by atoms with van der Waals surface area (Å²) in [5, 5.41) is 0. The van der Waals surface area contributed by atoms with E-state index in [1.54, 1.807) is 6.92 Å². The molecule has 0 fully saturated rings. The van der Waals surface area contributed by atoms with Gasteiger partial charge in [0, 0.05) is 12.3 Å². The predicted octanol–water partition coefficient (Wildman–Crippen LogP) is 2.54. The monoisotopic (exact) mass is 160 g/mol. The minimum Gasteiger partial charge on any atom is -0.300 e. The van der Waals surface area contributed by atoms with Crippen molar-refractivity contribution in [2.24, 2.45) is 0 Å². The first-order valence-corrected chi connectivity index (χ1v) is 4.01. The Labute approximate surface area is 67.1 Å². The Balaban J connectivity index is 3.12. The number of Topliss-reactive ketones (excluding diaryl/α,β-unsaturated/α-hetero) is 1. The normalized spacial score (nSPS) is 10.6. The van der Waals surface area contributed by atoms with E-state index >= 15 is 0 Å². The van der Waals surface area contributed by atoms with Crippen molar-refractivity contribution in [1.29, 1.82) is 0 Å². The third kappa shape index (κ3) is 7.70. The van der Waals surface area contributed by atoms with Crippen LogP contribution in [0.5, 0.6) is 0 Å². The number of allylic oxidation sites excluding steroid dienone is 2. The number of alkyl halides is 1. The van der Waals surface area contributed by atoms with Gasteiger partial charge in [0.05, 0.1) is 0 Å². The van der Waals surface area contributed by atoms with Gasteiger partial charge in [-0.2, -0.15) is 0 Å². The van der Waals surface area contributed by atoms with E-state index in [0.29, 0.717) is 12.3 Å². The van der Waals surface area contributed by atoms with Gasteiger partial charge in [-0.25, -0.2) is 0 Å². The molecule has 58 valence electrons. The highest BCUT2D eigenvalue weighted by Crippen LogP contribution is 1.94. The van der Waals surface area contributed by atoms with Gasteiger partial charge < -0.3 is 0 Å². The Morgan fingerprint density at radius 1 is 1.50 bits per heavy atom. The Bertz CT molecular complexity index is 118. The third-order valence-corrected chi connectivity index (χ3v) is 1.34. The zero-order valence-corrected chi connectivity index (χ0v) is 7.03. The van der Waals surface area contributed by atoms with E-state index in [4.69, 9.17) is 11.6 Å². The van der Waals surface area contributed by atoms with Crippen LogP contribution in [0.2, 0.25) is 0 Å². The van der Waals surface area contributed by atoms with E-state index in [1.165, 1.54) is 0 Å². The Kier molecular flexibility index (Phi) is 6.61. The molecule has 0 aromatic rings. The van der Waals surface area contributed by atoms with Crippen LogP contribution in [0.4, 0.5) is 0 Å². The second kappa shape index (κ2) is 6.81. The van der Waals surface area contributed by atoms with Crippen LogP contribution in [-0.2, 0) is 4.79 Å². The molecule has 0 radical (unpaired) electrons. The van der Waals surface area contributed by atoms with Gasteiger partial charge in [0.25, 0.3) is 0 Å². The summed E-state index contributed by atoms with van der Waals surface area (Å²) < 4.78 is 0. The first kappa shape index (κ1) is 9.70. The molecule has 10 heavy (non-hydrogen) atoms. The maximum absolute atomic E-state index is 10.4. The molecule has 0 saturated carbocycles. The molecule has 0 heterocycles. The van der Waals surface area contributed by atoms with E-state index in [9.17, 15) is 4.79 Å². The van der Waals surface area contributed by atoms with Crippen molar-refractivity contribution < 1.29 is 4.79 Å². The van der Waals surface area contributed by atoms with E-state index in [-0.39, 0.29) is 5.78 Å². The largest absolute Gasteiger partial charge is 0.300 e. The van der Waals surface area contributed by atoms with Crippen LogP contribution in [0, 0.1) is 0 Å². The van der Waals surface area contributed by atoms with Gasteiger partial charge in [0.1, 0.15) is 5.78 Å². The van der Waals surface area contributed by atoms with Crippen molar-refractivity contribution in [3.8, 4) is 0 Å². The highest BCUT2D eigenvalue weighted by Gasteiger charge is 1.84. The van der Waals surface area contributed by atoms with Crippen LogP contribution in [0.3, 0.4) is 0 Å². The maximum atomic E-state index is 10.4. The molecule has 0 amide bonds. The van der Waals surface area contributed by atoms with Gasteiger partial charge in [0.15, 0.2) is 0 Å². The quantitative estimate of drug-likeness (QED) is 0.343. The van der Waals surface area contributed by atoms with Crippen LogP contribution < -0.4 is 0 Å². The van der Waals surface area contributed by atoms with E-state index < -0.39 is 0 Å². The lowest BCUT2D eigenvalue weighted by Gasteiger charge is -1.86. The average Bonchev–Trinajstić information content (AvgIpc) is 1.87. The molecule has 2 heteroatoms. The topological polar surface area (TPSA) is 17.1 Å². The van der Waals surface area contributed by atoms with E-state index in [2.05, 4.69) is 0 Å². The number of carbonyl (C=O) groups excluding carboxylic acids is 1. The molecule has 0 spiro atoms. The minimum absolute atomic E-state index is 0.210. The number of rotatable bonds is 5. The SMILES string of the molecule is CC(=O)C/C=C/CCCCl. The molecule has 0 N–H and O–H groups in total. The highest BCUT2D eigenvalue weighted by atomic mass is 35.5. The fourth-order valence-corrected chi connectivity index (χ4v) is 0.716. The number of ketones is 1. The summed E-state index contributed by atoms with van der Waals surface area (Å²) in [6.07, 6.45) is 6.44. The molecule has 0 aromatic heterocycles. The van der Waals surface area contributed by atoms with Gasteiger partial charge in [-0.05, 0) is 19.8 Å². The number of carbonyl (C=O) groups is 1. The summed E-state index contributed by atoms with van der Waals surface area (Å²) in [6, 6.07) is 0. The van der Waals surface area contributed by atoms with Crippen LogP contribution in [0.1, 0.15) is 26.2 Å². The Morgan fingerprint density at radius 2 is 2.20 bits per heavy atom. The summed E-state index contributed by atoms with van der Waals surface area (Å²) >= 11 is 5.44. The van der Waals surface area contributed by atoms with Crippen LogP contribution >= 0.6 is 11.6 Å². The van der Waals surface area contributed by atoms with E-state index in [0.717, 1.165) is 12.8 Å². The lowest BCUT2D eigenvalue weighted by molar-refractivity contribution is -0.116. The van der Waals surface area contributed by atoms with E-state index in [1.807, 2.05) is 12.2 Å². The lowest BCUT2D eigenvalue weighted by Crippen LogP contribution is -1.83. The highest BCUT2D eigenvalue weighted by molar-refractivity contribution is 6.17. The zero-order chi connectivity index (χ0) is 7.82. The number of halogens is 1. The van der Waals surface area contributed by atoms with Crippen LogP contribution in [0.25, 0.3) is 0 Å². The van der Waals surface area contributed by atoms with Gasteiger partial charge in [-0.3, -0.25) is 4.79 Å². The molecular formula is C8H13ClO. The first-order valence-electron chi connectivity index (χ1n) is 3.47. The second-order valence-corrected chi connectivity index (χ2v) is 2.59. The van der Waals surface area contributed by atoms with Gasteiger partial charge >= 0.3 is 0 Å². The molecular weight excluding hydrogens is 148 g/mol. The molecule has 0 saturated heterocycles. The van der Waals surface area contributed by atoms with Crippen molar-refractivity contribution in [1.82, 2.24) is 0 Å². The molecule has 0 unspecified atom stereocenters. The zero-order valence-electron chi connectivity index (χ0n) is 6.27. The molecule has 0 rings (SSSR count). The molecule has 0 bridgehead atoms. The standard InChI is InChI=1S/C8H13ClO/c1-8(10)6-4-2-3-5-7-9/h2,4H,3,5-7H2,1H3/b4-2+. The fraction of sp³-hybridized carbons (Fsp3) is 0.625. The second-order valence-electron chi connectivity index (χ2n) is 2.21. The van der Waals surface area contributed by atoms with Crippen molar-refractivity contribution in [2.75, 3.05) is 5.88 Å². The van der Waals surface area contributed by atoms with Gasteiger partial charge in [0.2, 0.25) is 0 Å². The first-order chi connectivity index (χ1) is 4.77. The number of hydrogen-bond donors (Lipinski definition) is 0. The molecule has 0 aliphatic heterocycles. The van der Waals surface area contributed by atoms with Crippen LogP contribution in [-0.4, -0.2) is 11.7 Å². The average molecular weight is 161 g/mol. The van der Waals surface area contributed by atoms with Crippen molar-refractivity contribution in [3.05, 3.63) is 12.2 Å². The summed E-state index contributed by atoms with van der Waals surface area (Å²) in [6.45, 7) is 1.59. The molecule has 1 nitrogen and oxygen atoms in total. The maximum Gasteiger partial charge on any atom is 0.133 e. The summed E-state index contributed by atoms with van der Waals surface area (Å²) in [4.78, 5) is 10.4. The lowest BCUT2D eigenvalue weighted by atomic mass is 10.2. The predicted molar refractivity (Wildman–Crippen MR) is 44.4 cm³/mol. The Morgan fingerprint density at radius 3 is 2.70 bits per heavy atom. The number of hydrogen-bond acceptors (Lipinski definition) is 1. The summed E-state index contributed by atoms with van der Waals surface area (Å²) in [5.74, 6) is 0.909.